The highest BCUT2D eigenvalue weighted by Gasteiger charge is 2.34. The Morgan fingerprint density at radius 2 is 1.97 bits per heavy atom. The van der Waals surface area contributed by atoms with E-state index in [9.17, 15) is 4.79 Å². The summed E-state index contributed by atoms with van der Waals surface area (Å²) in [5, 5.41) is 10.9. The fourth-order valence-electron chi connectivity index (χ4n) is 3.83. The largest absolute Gasteiger partial charge is 0.328 e. The number of hydrogen-bond acceptors (Lipinski definition) is 6. The number of benzene rings is 1. The van der Waals surface area contributed by atoms with E-state index in [1.165, 1.54) is 0 Å². The van der Waals surface area contributed by atoms with Gasteiger partial charge in [-0.15, -0.1) is 5.10 Å². The number of amides is 1. The van der Waals surface area contributed by atoms with Crippen LogP contribution in [0.3, 0.4) is 0 Å². The van der Waals surface area contributed by atoms with Gasteiger partial charge >= 0.3 is 0 Å². The van der Waals surface area contributed by atoms with Gasteiger partial charge in [-0.05, 0) is 43.7 Å². The summed E-state index contributed by atoms with van der Waals surface area (Å²) in [7, 11) is 0. The van der Waals surface area contributed by atoms with Crippen LogP contribution >= 0.6 is 0 Å². The van der Waals surface area contributed by atoms with Crippen molar-refractivity contribution in [1.82, 2.24) is 24.7 Å². The van der Waals surface area contributed by atoms with Crippen LogP contribution in [0.2, 0.25) is 0 Å². The molecule has 5 rings (SSSR count). The molecule has 0 saturated heterocycles. The molecule has 32 heavy (non-hydrogen) atoms. The molecule has 2 N–H and O–H groups in total. The predicted molar refractivity (Wildman–Crippen MR) is 122 cm³/mol. The van der Waals surface area contributed by atoms with Crippen LogP contribution in [0.15, 0.2) is 84.5 Å². The first kappa shape index (κ1) is 19.6. The minimum Gasteiger partial charge on any atom is -0.328 e. The molecule has 1 aromatic carbocycles. The average molecular weight is 423 g/mol. The van der Waals surface area contributed by atoms with Gasteiger partial charge in [-0.1, -0.05) is 35.9 Å². The third kappa shape index (κ3) is 3.62. The SMILES string of the molecule is CC1=C(C(=O)Nc2ccccn2)C(c2cccc(C)c2)n2nc(-c3cccnc3)nc2N1. The zero-order valence-corrected chi connectivity index (χ0v) is 17.6. The molecule has 0 radical (unpaired) electrons. The maximum atomic E-state index is 13.4. The second-order valence-electron chi connectivity index (χ2n) is 7.59. The Hall–Kier alpha value is -4.33. The van der Waals surface area contributed by atoms with Crippen molar-refractivity contribution in [1.29, 1.82) is 0 Å². The van der Waals surface area contributed by atoms with E-state index in [1.807, 2.05) is 50.2 Å². The molecule has 158 valence electrons. The smallest absolute Gasteiger partial charge is 0.257 e. The van der Waals surface area contributed by atoms with E-state index in [-0.39, 0.29) is 5.91 Å². The highest BCUT2D eigenvalue weighted by Crippen LogP contribution is 2.36. The fourth-order valence-corrected chi connectivity index (χ4v) is 3.83. The number of pyridine rings is 2. The predicted octanol–water partition coefficient (Wildman–Crippen LogP) is 3.97. The molecule has 1 unspecified atom stereocenters. The number of aryl methyl sites for hydroxylation is 1. The second kappa shape index (κ2) is 8.07. The molecule has 8 heteroatoms. The monoisotopic (exact) mass is 423 g/mol. The first-order valence-electron chi connectivity index (χ1n) is 10.2. The van der Waals surface area contributed by atoms with Crippen LogP contribution in [0.4, 0.5) is 11.8 Å². The van der Waals surface area contributed by atoms with Crippen LogP contribution in [-0.4, -0.2) is 30.6 Å². The number of allylic oxidation sites excluding steroid dienone is 1. The summed E-state index contributed by atoms with van der Waals surface area (Å²) in [5.41, 5.74) is 4.11. The Bertz CT molecular complexity index is 1310. The number of carbonyl (C=O) groups is 1. The Morgan fingerprint density at radius 1 is 1.06 bits per heavy atom. The summed E-state index contributed by atoms with van der Waals surface area (Å²) in [6, 6.07) is 16.8. The molecule has 0 saturated carbocycles. The molecule has 4 heterocycles. The lowest BCUT2D eigenvalue weighted by Crippen LogP contribution is -2.31. The summed E-state index contributed by atoms with van der Waals surface area (Å²) in [5.74, 6) is 1.35. The summed E-state index contributed by atoms with van der Waals surface area (Å²) in [6.45, 7) is 3.90. The molecular weight excluding hydrogens is 402 g/mol. The number of hydrogen-bond donors (Lipinski definition) is 2. The van der Waals surface area contributed by atoms with Crippen LogP contribution in [0.25, 0.3) is 11.4 Å². The Kier molecular flexibility index (Phi) is 4.95. The van der Waals surface area contributed by atoms with Crippen molar-refractivity contribution in [2.24, 2.45) is 0 Å². The van der Waals surface area contributed by atoms with Gasteiger partial charge in [0.25, 0.3) is 5.91 Å². The van der Waals surface area contributed by atoms with Crippen molar-refractivity contribution in [2.75, 3.05) is 10.6 Å². The van der Waals surface area contributed by atoms with E-state index in [0.29, 0.717) is 28.9 Å². The minimum absolute atomic E-state index is 0.246. The topological polar surface area (TPSA) is 97.6 Å². The molecule has 1 amide bonds. The lowest BCUT2D eigenvalue weighted by Gasteiger charge is -2.28. The Balaban J connectivity index is 1.62. The van der Waals surface area contributed by atoms with E-state index in [0.717, 1.165) is 16.7 Å². The standard InChI is InChI=1S/C24H21N7O/c1-15-7-5-8-17(13-15)21-20(23(32)28-19-10-3-4-12-26-19)16(2)27-24-29-22(30-31(21)24)18-9-6-11-25-14-18/h3-14,21H,1-2H3,(H,26,28,32)(H,27,29,30). The first-order valence-corrected chi connectivity index (χ1v) is 10.2. The van der Waals surface area contributed by atoms with Crippen molar-refractivity contribution in [3.05, 3.63) is 95.6 Å². The van der Waals surface area contributed by atoms with E-state index in [1.54, 1.807) is 35.4 Å². The van der Waals surface area contributed by atoms with Crippen molar-refractivity contribution in [2.45, 2.75) is 19.9 Å². The van der Waals surface area contributed by atoms with Gasteiger partial charge < -0.3 is 10.6 Å². The van der Waals surface area contributed by atoms with Crippen molar-refractivity contribution >= 4 is 17.7 Å². The molecule has 0 spiro atoms. The Labute approximate surface area is 185 Å². The summed E-state index contributed by atoms with van der Waals surface area (Å²) in [4.78, 5) is 26.5. The van der Waals surface area contributed by atoms with Gasteiger partial charge in [0.05, 0.1) is 5.57 Å². The number of rotatable bonds is 4. The van der Waals surface area contributed by atoms with Crippen LogP contribution < -0.4 is 10.6 Å². The molecule has 0 aliphatic carbocycles. The van der Waals surface area contributed by atoms with Gasteiger partial charge in [-0.25, -0.2) is 9.67 Å². The lowest BCUT2D eigenvalue weighted by molar-refractivity contribution is -0.113. The van der Waals surface area contributed by atoms with E-state index in [2.05, 4.69) is 31.7 Å². The van der Waals surface area contributed by atoms with E-state index >= 15 is 0 Å². The van der Waals surface area contributed by atoms with Gasteiger partial charge in [0.1, 0.15) is 11.9 Å². The third-order valence-electron chi connectivity index (χ3n) is 5.28. The van der Waals surface area contributed by atoms with E-state index < -0.39 is 6.04 Å². The Morgan fingerprint density at radius 3 is 2.72 bits per heavy atom. The maximum Gasteiger partial charge on any atom is 0.257 e. The van der Waals surface area contributed by atoms with Crippen molar-refractivity contribution in [3.8, 4) is 11.4 Å². The van der Waals surface area contributed by atoms with Gasteiger partial charge in [0, 0.05) is 29.9 Å². The normalized spacial score (nSPS) is 15.1. The average Bonchev–Trinajstić information content (AvgIpc) is 3.23. The summed E-state index contributed by atoms with van der Waals surface area (Å²) in [6.07, 6.45) is 5.07. The second-order valence-corrected chi connectivity index (χ2v) is 7.59. The molecule has 4 aromatic rings. The number of nitrogens with one attached hydrogen (secondary N) is 2. The molecule has 0 bridgehead atoms. The quantitative estimate of drug-likeness (QED) is 0.515. The number of nitrogens with zero attached hydrogens (tertiary/aromatic N) is 5. The summed E-state index contributed by atoms with van der Waals surface area (Å²) >= 11 is 0. The van der Waals surface area contributed by atoms with Gasteiger partial charge in [0.15, 0.2) is 5.82 Å². The van der Waals surface area contributed by atoms with Crippen LogP contribution in [-0.2, 0) is 4.79 Å². The maximum absolute atomic E-state index is 13.4. The molecule has 1 aliphatic heterocycles. The first-order chi connectivity index (χ1) is 15.6. The highest BCUT2D eigenvalue weighted by atomic mass is 16.1. The lowest BCUT2D eigenvalue weighted by atomic mass is 9.94. The number of fused-ring (bicyclic) bond motifs is 1. The number of aromatic nitrogens is 5. The summed E-state index contributed by atoms with van der Waals surface area (Å²) < 4.78 is 1.76. The molecule has 0 fully saturated rings. The minimum atomic E-state index is -0.451. The van der Waals surface area contributed by atoms with E-state index in [4.69, 9.17) is 5.10 Å². The molecule has 3 aromatic heterocycles. The highest BCUT2D eigenvalue weighted by molar-refractivity contribution is 6.05. The zero-order valence-electron chi connectivity index (χ0n) is 17.6. The third-order valence-corrected chi connectivity index (χ3v) is 5.28. The van der Waals surface area contributed by atoms with Gasteiger partial charge in [-0.2, -0.15) is 4.98 Å². The van der Waals surface area contributed by atoms with Crippen molar-refractivity contribution in [3.63, 3.8) is 0 Å². The molecule has 1 aliphatic rings. The fraction of sp³-hybridized carbons (Fsp3) is 0.125. The van der Waals surface area contributed by atoms with Crippen LogP contribution in [0.5, 0.6) is 0 Å². The van der Waals surface area contributed by atoms with Gasteiger partial charge in [-0.3, -0.25) is 9.78 Å². The van der Waals surface area contributed by atoms with Crippen LogP contribution in [0, 0.1) is 6.92 Å². The molecule has 8 nitrogen and oxygen atoms in total. The van der Waals surface area contributed by atoms with Crippen LogP contribution in [0.1, 0.15) is 24.1 Å². The zero-order chi connectivity index (χ0) is 22.1. The van der Waals surface area contributed by atoms with Gasteiger partial charge in [0.2, 0.25) is 5.95 Å². The number of carbonyl (C=O) groups excluding carboxylic acids is 1. The van der Waals surface area contributed by atoms with Crippen molar-refractivity contribution < 1.29 is 4.79 Å². The number of anilines is 2. The molecular formula is C24H21N7O. The molecule has 1 atom stereocenters.